The van der Waals surface area contributed by atoms with Gasteiger partial charge < -0.3 is 9.53 Å². The standard InChI is InChI=1S/C5H7O3.Na/c1-2-8-5(7)3-4-6;/h3-4H,2H2,1H3;/q-1;+1. The molecule has 46 valence electrons. The fourth-order valence-corrected chi connectivity index (χ4v) is 0.246. The summed E-state index contributed by atoms with van der Waals surface area (Å²) in [5.74, 6) is -0.581. The molecule has 9 heavy (non-hydrogen) atoms. The Morgan fingerprint density at radius 1 is 1.78 bits per heavy atom. The van der Waals surface area contributed by atoms with Crippen molar-refractivity contribution in [2.45, 2.75) is 6.92 Å². The molecule has 0 saturated carbocycles. The molecule has 0 spiro atoms. The Labute approximate surface area is 76.0 Å². The van der Waals surface area contributed by atoms with Crippen molar-refractivity contribution in [2.75, 3.05) is 6.61 Å². The van der Waals surface area contributed by atoms with Crippen molar-refractivity contribution in [3.8, 4) is 0 Å². The second-order valence-corrected chi connectivity index (χ2v) is 1.05. The van der Waals surface area contributed by atoms with Crippen LogP contribution in [0.4, 0.5) is 0 Å². The smallest absolute Gasteiger partial charge is 0.488 e. The molecular formula is C5H7NaO3. The second kappa shape index (κ2) is 8.01. The van der Waals surface area contributed by atoms with Gasteiger partial charge in [-0.1, -0.05) is 0 Å². The fourth-order valence-electron chi connectivity index (χ4n) is 0.246. The number of aldehydes is 1. The molecule has 0 aliphatic rings. The molecule has 0 amide bonds. The van der Waals surface area contributed by atoms with Crippen LogP contribution in [0, 0.1) is 6.42 Å². The van der Waals surface area contributed by atoms with E-state index in [9.17, 15) is 9.59 Å². The summed E-state index contributed by atoms with van der Waals surface area (Å²) in [5.41, 5.74) is 0. The number of hydrogen-bond acceptors (Lipinski definition) is 3. The van der Waals surface area contributed by atoms with Crippen LogP contribution in [-0.2, 0) is 14.3 Å². The first-order chi connectivity index (χ1) is 3.81. The molecule has 0 fully saturated rings. The topological polar surface area (TPSA) is 43.4 Å². The molecule has 3 nitrogen and oxygen atoms in total. The Kier molecular flexibility index (Phi) is 10.5. The van der Waals surface area contributed by atoms with Crippen LogP contribution >= 0.6 is 0 Å². The second-order valence-electron chi connectivity index (χ2n) is 1.05. The maximum atomic E-state index is 10.1. The Morgan fingerprint density at radius 3 is 2.67 bits per heavy atom. The van der Waals surface area contributed by atoms with E-state index in [-0.39, 0.29) is 29.6 Å². The van der Waals surface area contributed by atoms with Crippen LogP contribution in [0.3, 0.4) is 0 Å². The third kappa shape index (κ3) is 8.01. The molecule has 4 heteroatoms. The van der Waals surface area contributed by atoms with Gasteiger partial charge >= 0.3 is 29.6 Å². The van der Waals surface area contributed by atoms with Gasteiger partial charge in [-0.2, -0.15) is 0 Å². The van der Waals surface area contributed by atoms with Gasteiger partial charge in [0.05, 0.1) is 6.61 Å². The molecule has 0 aliphatic carbocycles. The van der Waals surface area contributed by atoms with Crippen LogP contribution in [0.5, 0.6) is 0 Å². The summed E-state index contributed by atoms with van der Waals surface area (Å²) in [7, 11) is 0. The molecule has 0 rings (SSSR count). The summed E-state index contributed by atoms with van der Waals surface area (Å²) in [6.07, 6.45) is 1.24. The molecular weight excluding hydrogens is 131 g/mol. The zero-order valence-corrected chi connectivity index (χ0v) is 7.59. The van der Waals surface area contributed by atoms with Gasteiger partial charge in [0.2, 0.25) is 0 Å². The van der Waals surface area contributed by atoms with Crippen molar-refractivity contribution in [3.63, 3.8) is 0 Å². The van der Waals surface area contributed by atoms with Crippen molar-refractivity contribution in [1.29, 1.82) is 0 Å². The number of ether oxygens (including phenoxy) is 1. The summed E-state index contributed by atoms with van der Waals surface area (Å²) in [4.78, 5) is 19.7. The first kappa shape index (κ1) is 11.8. The number of hydrogen-bond donors (Lipinski definition) is 0. The van der Waals surface area contributed by atoms with E-state index in [2.05, 4.69) is 4.74 Å². The number of esters is 1. The van der Waals surface area contributed by atoms with Crippen molar-refractivity contribution in [2.24, 2.45) is 0 Å². The maximum absolute atomic E-state index is 10.1. The minimum Gasteiger partial charge on any atom is -0.488 e. The van der Waals surface area contributed by atoms with Crippen LogP contribution in [0.1, 0.15) is 6.92 Å². The monoisotopic (exact) mass is 138 g/mol. The molecule has 0 radical (unpaired) electrons. The fraction of sp³-hybridized carbons (Fsp3) is 0.400. The predicted molar refractivity (Wildman–Crippen MR) is 27.0 cm³/mol. The first-order valence-electron chi connectivity index (χ1n) is 2.26. The Hall–Kier alpha value is 0.0100. The van der Waals surface area contributed by atoms with Crippen LogP contribution in [0.25, 0.3) is 0 Å². The summed E-state index contributed by atoms with van der Waals surface area (Å²) >= 11 is 0. The van der Waals surface area contributed by atoms with Crippen molar-refractivity contribution in [3.05, 3.63) is 6.42 Å². The molecule has 0 aromatic carbocycles. The normalized spacial score (nSPS) is 6.78. The Balaban J connectivity index is 0. The van der Waals surface area contributed by atoms with E-state index in [0.29, 0.717) is 12.9 Å². The summed E-state index contributed by atoms with van der Waals surface area (Å²) in [6, 6.07) is 0. The van der Waals surface area contributed by atoms with Crippen molar-refractivity contribution >= 4 is 12.3 Å². The molecule has 0 N–H and O–H groups in total. The van der Waals surface area contributed by atoms with Gasteiger partial charge in [0.1, 0.15) is 0 Å². The van der Waals surface area contributed by atoms with E-state index in [1.807, 2.05) is 0 Å². The van der Waals surface area contributed by atoms with Gasteiger partial charge in [0, 0.05) is 0 Å². The average molecular weight is 138 g/mol. The predicted octanol–water partition coefficient (Wildman–Crippen LogP) is -3.04. The molecule has 0 aliphatic heterocycles. The van der Waals surface area contributed by atoms with Gasteiger partial charge in [-0.15, -0.1) is 0 Å². The molecule has 0 aromatic heterocycles. The largest absolute Gasteiger partial charge is 1.00 e. The van der Waals surface area contributed by atoms with E-state index in [0.717, 1.165) is 6.42 Å². The average Bonchev–Trinajstić information content (AvgIpc) is 1.68. The van der Waals surface area contributed by atoms with Crippen molar-refractivity contribution < 1.29 is 43.9 Å². The van der Waals surface area contributed by atoms with Crippen LogP contribution in [0.15, 0.2) is 0 Å². The molecule has 0 bridgehead atoms. The SMILES string of the molecule is CCOC(=O)[CH-]C=O.[Na+]. The van der Waals surface area contributed by atoms with Gasteiger partial charge in [-0.25, -0.2) is 6.42 Å². The maximum Gasteiger partial charge on any atom is 1.00 e. The minimum absolute atomic E-state index is 0. The number of carbonyl (C=O) groups is 2. The Morgan fingerprint density at radius 2 is 2.33 bits per heavy atom. The molecule has 0 atom stereocenters. The molecule has 0 unspecified atom stereocenters. The minimum atomic E-state index is -0.581. The third-order valence-corrected chi connectivity index (χ3v) is 0.491. The first-order valence-corrected chi connectivity index (χ1v) is 2.26. The summed E-state index contributed by atoms with van der Waals surface area (Å²) in [6.45, 7) is 1.99. The number of rotatable bonds is 3. The summed E-state index contributed by atoms with van der Waals surface area (Å²) in [5, 5.41) is 0. The van der Waals surface area contributed by atoms with Crippen LogP contribution < -0.4 is 29.6 Å². The van der Waals surface area contributed by atoms with Crippen LogP contribution in [0.2, 0.25) is 0 Å². The van der Waals surface area contributed by atoms with Crippen LogP contribution in [-0.4, -0.2) is 18.9 Å². The van der Waals surface area contributed by atoms with Crippen molar-refractivity contribution in [1.82, 2.24) is 0 Å². The number of carbonyl (C=O) groups excluding carboxylic acids is 2. The van der Waals surface area contributed by atoms with E-state index in [1.54, 1.807) is 6.92 Å². The van der Waals surface area contributed by atoms with Gasteiger partial charge in [0.25, 0.3) is 0 Å². The zero-order chi connectivity index (χ0) is 6.41. The van der Waals surface area contributed by atoms with Gasteiger partial charge in [-0.3, -0.25) is 4.79 Å². The summed E-state index contributed by atoms with van der Waals surface area (Å²) < 4.78 is 4.36. The van der Waals surface area contributed by atoms with Gasteiger partial charge in [-0.05, 0) is 13.2 Å². The van der Waals surface area contributed by atoms with E-state index < -0.39 is 5.97 Å². The molecule has 0 aromatic rings. The third-order valence-electron chi connectivity index (χ3n) is 0.491. The molecule has 0 heterocycles. The van der Waals surface area contributed by atoms with E-state index in [1.165, 1.54) is 0 Å². The molecule has 0 saturated heterocycles. The van der Waals surface area contributed by atoms with E-state index in [4.69, 9.17) is 0 Å². The van der Waals surface area contributed by atoms with Gasteiger partial charge in [0.15, 0.2) is 5.97 Å². The Bertz CT molecular complexity index is 92.2. The quantitative estimate of drug-likeness (QED) is 0.137. The van der Waals surface area contributed by atoms with E-state index >= 15 is 0 Å². The zero-order valence-electron chi connectivity index (χ0n) is 5.59.